The Labute approximate surface area is 210 Å². The van der Waals surface area contributed by atoms with Gasteiger partial charge in [-0.3, -0.25) is 4.79 Å². The average molecular weight is 491 g/mol. The van der Waals surface area contributed by atoms with E-state index in [1.165, 1.54) is 18.5 Å². The van der Waals surface area contributed by atoms with E-state index in [-0.39, 0.29) is 5.91 Å². The second-order valence-corrected chi connectivity index (χ2v) is 9.06. The van der Waals surface area contributed by atoms with Crippen molar-refractivity contribution in [1.29, 1.82) is 0 Å². The van der Waals surface area contributed by atoms with E-state index in [0.29, 0.717) is 48.8 Å². The number of anilines is 1. The quantitative estimate of drug-likeness (QED) is 0.365. The highest BCUT2D eigenvalue weighted by Crippen LogP contribution is 2.33. The van der Waals surface area contributed by atoms with Gasteiger partial charge in [0.05, 0.1) is 6.54 Å². The van der Waals surface area contributed by atoms with Gasteiger partial charge in [-0.2, -0.15) is 5.10 Å². The van der Waals surface area contributed by atoms with Crippen molar-refractivity contribution in [2.75, 3.05) is 40.0 Å². The summed E-state index contributed by atoms with van der Waals surface area (Å²) in [5.41, 5.74) is 10.1. The first kappa shape index (κ1) is 25.1. The molecule has 0 fully saturated rings. The van der Waals surface area contributed by atoms with Crippen LogP contribution in [0.25, 0.3) is 16.6 Å². The molecule has 36 heavy (non-hydrogen) atoms. The number of ether oxygens (including phenoxy) is 1. The predicted octanol–water partition coefficient (Wildman–Crippen LogP) is 3.65. The Morgan fingerprint density at radius 1 is 1.11 bits per heavy atom. The van der Waals surface area contributed by atoms with Crippen LogP contribution in [-0.4, -0.2) is 64.5 Å². The van der Waals surface area contributed by atoms with Crippen LogP contribution in [0.1, 0.15) is 17.7 Å². The van der Waals surface area contributed by atoms with Gasteiger partial charge in [-0.05, 0) is 56.3 Å². The standard InChI is InChI=1S/C27H31FN6O2/c1-32(2)16-25(35)33(3)11-7-10-22-15-24(26-27(29)30-18-31-34(22)26)20-12-21(28)14-23(13-20)36-17-19-8-5-4-6-9-19/h4-6,8-9,12-15,18H,7,10-11,16-17H2,1-3H3,(H2,29,30,31). The summed E-state index contributed by atoms with van der Waals surface area (Å²) in [5.74, 6) is 0.384. The molecule has 0 saturated carbocycles. The molecule has 0 aliphatic carbocycles. The maximum absolute atomic E-state index is 14.6. The van der Waals surface area contributed by atoms with E-state index in [1.807, 2.05) is 55.4 Å². The lowest BCUT2D eigenvalue weighted by Gasteiger charge is -2.19. The van der Waals surface area contributed by atoms with Crippen molar-refractivity contribution in [1.82, 2.24) is 24.4 Å². The summed E-state index contributed by atoms with van der Waals surface area (Å²) in [4.78, 5) is 20.0. The number of halogens is 1. The minimum atomic E-state index is -0.409. The number of benzene rings is 2. The van der Waals surface area contributed by atoms with Crippen LogP contribution in [0.5, 0.6) is 5.75 Å². The van der Waals surface area contributed by atoms with Crippen LogP contribution in [0.4, 0.5) is 10.2 Å². The molecule has 1 amide bonds. The highest BCUT2D eigenvalue weighted by atomic mass is 19.1. The summed E-state index contributed by atoms with van der Waals surface area (Å²) in [6.45, 7) is 1.30. The number of rotatable bonds is 10. The monoisotopic (exact) mass is 490 g/mol. The third-order valence-electron chi connectivity index (χ3n) is 5.89. The van der Waals surface area contributed by atoms with E-state index >= 15 is 0 Å². The first-order chi connectivity index (χ1) is 17.3. The molecule has 2 heterocycles. The summed E-state index contributed by atoms with van der Waals surface area (Å²) >= 11 is 0. The summed E-state index contributed by atoms with van der Waals surface area (Å²) < 4.78 is 22.2. The van der Waals surface area contributed by atoms with Gasteiger partial charge in [-0.1, -0.05) is 30.3 Å². The Bertz CT molecular complexity index is 1340. The van der Waals surface area contributed by atoms with Crippen LogP contribution in [0, 0.1) is 5.82 Å². The summed E-state index contributed by atoms with van der Waals surface area (Å²) in [6.07, 6.45) is 2.80. The number of hydrogen-bond donors (Lipinski definition) is 1. The number of hydrogen-bond acceptors (Lipinski definition) is 6. The molecular weight excluding hydrogens is 459 g/mol. The van der Waals surface area contributed by atoms with Gasteiger partial charge in [0.2, 0.25) is 5.91 Å². The predicted molar refractivity (Wildman–Crippen MR) is 138 cm³/mol. The molecule has 0 spiro atoms. The molecular formula is C27H31FN6O2. The van der Waals surface area contributed by atoms with Crippen LogP contribution >= 0.6 is 0 Å². The Balaban J connectivity index is 1.57. The van der Waals surface area contributed by atoms with Crippen molar-refractivity contribution in [3.63, 3.8) is 0 Å². The number of carbonyl (C=O) groups excluding carboxylic acids is 1. The number of aryl methyl sites for hydroxylation is 1. The SMILES string of the molecule is CN(C)CC(=O)N(C)CCCc1cc(-c2cc(F)cc(OCc3ccccc3)c2)c2c(N)ncnn12. The Morgan fingerprint density at radius 3 is 2.64 bits per heavy atom. The molecule has 8 nitrogen and oxygen atoms in total. The Morgan fingerprint density at radius 2 is 1.89 bits per heavy atom. The zero-order chi connectivity index (χ0) is 25.7. The van der Waals surface area contributed by atoms with Gasteiger partial charge in [-0.15, -0.1) is 0 Å². The van der Waals surface area contributed by atoms with E-state index in [4.69, 9.17) is 10.5 Å². The van der Waals surface area contributed by atoms with Gasteiger partial charge in [0.25, 0.3) is 0 Å². The number of nitrogens with two attached hydrogens (primary N) is 1. The molecule has 2 aromatic heterocycles. The molecule has 0 atom stereocenters. The van der Waals surface area contributed by atoms with E-state index in [9.17, 15) is 9.18 Å². The maximum Gasteiger partial charge on any atom is 0.236 e. The molecule has 9 heteroatoms. The van der Waals surface area contributed by atoms with Crippen molar-refractivity contribution in [3.05, 3.63) is 78.0 Å². The molecule has 2 N–H and O–H groups in total. The lowest BCUT2D eigenvalue weighted by Crippen LogP contribution is -2.35. The van der Waals surface area contributed by atoms with Gasteiger partial charge >= 0.3 is 0 Å². The van der Waals surface area contributed by atoms with Gasteiger partial charge in [0, 0.05) is 30.9 Å². The molecule has 0 saturated heterocycles. The number of amides is 1. The lowest BCUT2D eigenvalue weighted by molar-refractivity contribution is -0.130. The third kappa shape index (κ3) is 5.98. The maximum atomic E-state index is 14.6. The molecule has 2 aromatic carbocycles. The van der Waals surface area contributed by atoms with Crippen molar-refractivity contribution in [3.8, 4) is 16.9 Å². The van der Waals surface area contributed by atoms with Crippen LogP contribution < -0.4 is 10.5 Å². The van der Waals surface area contributed by atoms with E-state index < -0.39 is 5.82 Å². The number of carbonyl (C=O) groups is 1. The normalized spacial score (nSPS) is 11.2. The molecule has 0 radical (unpaired) electrons. The molecule has 188 valence electrons. The largest absolute Gasteiger partial charge is 0.489 e. The van der Waals surface area contributed by atoms with Crippen LogP contribution in [0.2, 0.25) is 0 Å². The highest BCUT2D eigenvalue weighted by Gasteiger charge is 2.17. The van der Waals surface area contributed by atoms with Gasteiger partial charge in [0.15, 0.2) is 5.82 Å². The number of aromatic nitrogens is 3. The molecule has 0 aliphatic heterocycles. The third-order valence-corrected chi connectivity index (χ3v) is 5.89. The first-order valence-electron chi connectivity index (χ1n) is 11.8. The van der Waals surface area contributed by atoms with Crippen molar-refractivity contribution in [2.24, 2.45) is 0 Å². The second kappa shape index (κ2) is 11.2. The molecule has 0 unspecified atom stereocenters. The summed E-state index contributed by atoms with van der Waals surface area (Å²) in [5, 5.41) is 4.39. The van der Waals surface area contributed by atoms with Crippen LogP contribution in [-0.2, 0) is 17.8 Å². The van der Waals surface area contributed by atoms with Crippen molar-refractivity contribution in [2.45, 2.75) is 19.4 Å². The first-order valence-corrected chi connectivity index (χ1v) is 11.8. The summed E-state index contributed by atoms with van der Waals surface area (Å²) in [6, 6.07) is 16.3. The molecule has 0 bridgehead atoms. The number of nitrogen functional groups attached to an aromatic ring is 1. The number of likely N-dealkylation sites (N-methyl/N-ethyl adjacent to an activating group) is 2. The fourth-order valence-corrected chi connectivity index (χ4v) is 4.09. The zero-order valence-corrected chi connectivity index (χ0v) is 20.8. The second-order valence-electron chi connectivity index (χ2n) is 9.06. The van der Waals surface area contributed by atoms with Gasteiger partial charge in [-0.25, -0.2) is 13.9 Å². The molecule has 4 aromatic rings. The van der Waals surface area contributed by atoms with Crippen molar-refractivity contribution >= 4 is 17.2 Å². The Kier molecular flexibility index (Phi) is 7.80. The molecule has 4 rings (SSSR count). The van der Waals surface area contributed by atoms with Gasteiger partial charge in [0.1, 0.15) is 30.0 Å². The molecule has 0 aliphatic rings. The number of nitrogens with zero attached hydrogens (tertiary/aromatic N) is 5. The Hall–Kier alpha value is -3.98. The lowest BCUT2D eigenvalue weighted by atomic mass is 10.1. The number of fused-ring (bicyclic) bond motifs is 1. The van der Waals surface area contributed by atoms with Crippen LogP contribution in [0.15, 0.2) is 60.9 Å². The van der Waals surface area contributed by atoms with E-state index in [2.05, 4.69) is 10.1 Å². The average Bonchev–Trinajstić information content (AvgIpc) is 3.22. The highest BCUT2D eigenvalue weighted by molar-refractivity contribution is 5.88. The minimum Gasteiger partial charge on any atom is -0.489 e. The fraction of sp³-hybridized carbons (Fsp3) is 0.296. The van der Waals surface area contributed by atoms with Gasteiger partial charge < -0.3 is 20.3 Å². The fourth-order valence-electron chi connectivity index (χ4n) is 4.09. The van der Waals surface area contributed by atoms with Crippen molar-refractivity contribution < 1.29 is 13.9 Å². The van der Waals surface area contributed by atoms with E-state index in [0.717, 1.165) is 23.2 Å². The smallest absolute Gasteiger partial charge is 0.236 e. The summed E-state index contributed by atoms with van der Waals surface area (Å²) in [7, 11) is 5.54. The topological polar surface area (TPSA) is 89.0 Å². The van der Waals surface area contributed by atoms with Crippen LogP contribution in [0.3, 0.4) is 0 Å². The zero-order valence-electron chi connectivity index (χ0n) is 20.8. The van der Waals surface area contributed by atoms with E-state index in [1.54, 1.807) is 22.5 Å². The minimum absolute atomic E-state index is 0.0649.